The predicted octanol–water partition coefficient (Wildman–Crippen LogP) is 15.1. The number of ether oxygens (including phenoxy) is 3. The average Bonchev–Trinajstić information content (AvgIpc) is 3.69. The number of pyridine rings is 2. The topological polar surface area (TPSA) is 53.5 Å². The highest BCUT2D eigenvalue weighted by molar-refractivity contribution is 5.89. The molecule has 10 aromatic rings. The quantitative estimate of drug-likeness (QED) is 0.128. The lowest BCUT2D eigenvalue weighted by Crippen LogP contribution is -2.32. The van der Waals surface area contributed by atoms with Gasteiger partial charge in [0, 0.05) is 24.8 Å². The predicted molar refractivity (Wildman–Crippen MR) is 296 cm³/mol. The summed E-state index contributed by atoms with van der Waals surface area (Å²) in [5, 5.41) is 4.41. The lowest BCUT2D eigenvalue weighted by molar-refractivity contribution is 0.370. The molecule has 0 amide bonds. The van der Waals surface area contributed by atoms with Crippen molar-refractivity contribution in [3.63, 3.8) is 0 Å². The van der Waals surface area contributed by atoms with Crippen LogP contribution in [-0.2, 0) is 10.8 Å². The minimum atomic E-state index is -0.703. The highest BCUT2D eigenvalue weighted by Gasteiger charge is 2.44. The molecule has 0 saturated heterocycles. The average molecular weight is 941 g/mol. The van der Waals surface area contributed by atoms with Crippen LogP contribution in [0.2, 0.25) is 0 Å². The summed E-state index contributed by atoms with van der Waals surface area (Å²) in [6, 6.07) is 65.1. The first-order valence-corrected chi connectivity index (χ1v) is 24.5. The van der Waals surface area contributed by atoms with Crippen LogP contribution in [0.5, 0.6) is 23.0 Å². The highest BCUT2D eigenvalue weighted by Crippen LogP contribution is 2.52. The molecule has 2 aliphatic carbocycles. The summed E-state index contributed by atoms with van der Waals surface area (Å²) in [5.41, 5.74) is 12.2. The van der Waals surface area contributed by atoms with Gasteiger partial charge < -0.3 is 14.2 Å². The van der Waals surface area contributed by atoms with Gasteiger partial charge in [-0.25, -0.2) is 0 Å². The van der Waals surface area contributed by atoms with Crippen LogP contribution in [0.15, 0.2) is 207 Å². The number of rotatable bonds is 10. The van der Waals surface area contributed by atoms with Crippen LogP contribution in [-0.4, -0.2) is 23.2 Å². The molecule has 0 aliphatic heterocycles. The molecule has 2 heterocycles. The van der Waals surface area contributed by atoms with Crippen LogP contribution in [0, 0.1) is 23.7 Å². The van der Waals surface area contributed by atoms with E-state index in [0.717, 1.165) is 100 Å². The molecule has 73 heavy (non-hydrogen) atoms. The normalized spacial score (nSPS) is 16.0. The number of hydrogen-bond acceptors (Lipinski definition) is 5. The van der Waals surface area contributed by atoms with Crippen LogP contribution in [0.3, 0.4) is 0 Å². The molecule has 2 aromatic heterocycles. The molecule has 5 nitrogen and oxygen atoms in total. The molecule has 8 aromatic carbocycles. The van der Waals surface area contributed by atoms with Gasteiger partial charge in [-0.3, -0.25) is 9.97 Å². The zero-order chi connectivity index (χ0) is 49.2. The first kappa shape index (κ1) is 44.8. The lowest BCUT2D eigenvalue weighted by atomic mass is 9.63. The molecule has 348 valence electrons. The monoisotopic (exact) mass is 940 g/mol. The number of fused-ring (bicyclic) bond motifs is 6. The van der Waals surface area contributed by atoms with Crippen molar-refractivity contribution >= 4 is 45.8 Å². The minimum Gasteiger partial charge on any atom is -0.481 e. The van der Waals surface area contributed by atoms with Gasteiger partial charge in [0.25, 0.3) is 0 Å². The van der Waals surface area contributed by atoms with Gasteiger partial charge in [-0.1, -0.05) is 145 Å². The summed E-state index contributed by atoms with van der Waals surface area (Å²) >= 11 is 0. The minimum absolute atomic E-state index is 0.351. The van der Waals surface area contributed by atoms with Crippen LogP contribution in [0.25, 0.3) is 45.8 Å². The van der Waals surface area contributed by atoms with Crippen LogP contribution in [0.4, 0.5) is 0 Å². The van der Waals surface area contributed by atoms with Crippen molar-refractivity contribution in [2.75, 3.05) is 13.2 Å². The Balaban J connectivity index is 0.944. The van der Waals surface area contributed by atoms with E-state index < -0.39 is 10.8 Å². The van der Waals surface area contributed by atoms with Crippen molar-refractivity contribution in [2.24, 2.45) is 0 Å². The Bertz CT molecular complexity index is 3580. The molecule has 0 saturated carbocycles. The molecule has 0 fully saturated rings. The fourth-order valence-electron chi connectivity index (χ4n) is 11.1. The fourth-order valence-corrected chi connectivity index (χ4v) is 11.1. The Morgan fingerprint density at radius 3 is 1.19 bits per heavy atom. The Kier molecular flexibility index (Phi) is 11.7. The van der Waals surface area contributed by atoms with Gasteiger partial charge in [0.05, 0.1) is 10.8 Å². The van der Waals surface area contributed by atoms with E-state index in [1.54, 1.807) is 0 Å². The molecule has 0 bridgehead atoms. The first-order valence-electron chi connectivity index (χ1n) is 24.5. The zero-order valence-electron chi connectivity index (χ0n) is 40.5. The highest BCUT2D eigenvalue weighted by atomic mass is 16.5. The summed E-state index contributed by atoms with van der Waals surface area (Å²) < 4.78 is 18.7. The smallest absolute Gasteiger partial charge is 0.149 e. The fraction of sp³-hybridized carbons (Fsp3) is 0.0882. The zero-order valence-corrected chi connectivity index (χ0v) is 40.5. The molecule has 2 atom stereocenters. The second-order valence-corrected chi connectivity index (χ2v) is 18.3. The van der Waals surface area contributed by atoms with Crippen molar-refractivity contribution in [1.29, 1.82) is 0 Å². The van der Waals surface area contributed by atoms with Gasteiger partial charge in [-0.15, -0.1) is 11.8 Å². The standard InChI is InChI=1S/C68H48N2O3/c1-3-5-39-71-61-29-21-49-41-57(23-19-51(49)43-61)67(63-13-9-7-11-47(63)15-17-53-45-69-37-35-65(53)67)55-25-31-59(32-26-55)73-60-33-27-56(28-34-60)68(58-24-20-52-44-62(72-40-6-4-2)30-22-50(52)42-58)64-14-10-8-12-48(64)16-18-54-46-70-38-36-66(54)68/h7-38,41-46H,39-40H2,1-2H3. The van der Waals surface area contributed by atoms with Crippen molar-refractivity contribution in [2.45, 2.75) is 24.7 Å². The number of aromatic nitrogens is 2. The van der Waals surface area contributed by atoms with Crippen molar-refractivity contribution in [3.8, 4) is 46.7 Å². The number of benzene rings is 8. The van der Waals surface area contributed by atoms with Gasteiger partial charge in [0.2, 0.25) is 0 Å². The van der Waals surface area contributed by atoms with E-state index in [2.05, 4.69) is 228 Å². The lowest BCUT2D eigenvalue weighted by Gasteiger charge is -2.38. The van der Waals surface area contributed by atoms with E-state index in [4.69, 9.17) is 14.2 Å². The van der Waals surface area contributed by atoms with E-state index in [9.17, 15) is 0 Å². The van der Waals surface area contributed by atoms with E-state index >= 15 is 0 Å². The Labute approximate surface area is 426 Å². The molecule has 0 spiro atoms. The van der Waals surface area contributed by atoms with E-state index in [1.807, 2.05) is 50.8 Å². The SMILES string of the molecule is CC#CCOc1ccc2cc(C3(c4ccc(Oc5ccc(C6(c7ccc8cc(OCC#CC)ccc8c7)c7ccccc7C=Cc7cnccc76)cc5)cc4)c4ccccc4C=Cc4cnccc43)ccc2c1. The van der Waals surface area contributed by atoms with E-state index in [1.165, 1.54) is 11.1 Å². The van der Waals surface area contributed by atoms with Crippen LogP contribution in [0.1, 0.15) is 80.6 Å². The van der Waals surface area contributed by atoms with E-state index in [0.29, 0.717) is 13.2 Å². The molecular formula is C68H48N2O3. The third-order valence-electron chi connectivity index (χ3n) is 14.4. The second kappa shape index (κ2) is 19.1. The number of hydrogen-bond donors (Lipinski definition) is 0. The summed E-state index contributed by atoms with van der Waals surface area (Å²) in [6.45, 7) is 4.35. The molecular weight excluding hydrogens is 893 g/mol. The summed E-state index contributed by atoms with van der Waals surface area (Å²) in [6.07, 6.45) is 16.5. The first-order chi connectivity index (χ1) is 36.1. The maximum atomic E-state index is 6.79. The van der Waals surface area contributed by atoms with Gasteiger partial charge >= 0.3 is 0 Å². The Hall–Kier alpha value is -9.42. The van der Waals surface area contributed by atoms with Gasteiger partial charge in [-0.2, -0.15) is 0 Å². The maximum Gasteiger partial charge on any atom is 0.149 e. The largest absolute Gasteiger partial charge is 0.481 e. The van der Waals surface area contributed by atoms with Crippen molar-refractivity contribution < 1.29 is 14.2 Å². The van der Waals surface area contributed by atoms with Crippen LogP contribution >= 0.6 is 0 Å². The molecule has 2 unspecified atom stereocenters. The molecule has 2 aliphatic rings. The third-order valence-corrected chi connectivity index (χ3v) is 14.4. The molecule has 0 N–H and O–H groups in total. The number of nitrogens with zero attached hydrogens (tertiary/aromatic N) is 2. The van der Waals surface area contributed by atoms with Crippen molar-refractivity contribution in [3.05, 3.63) is 274 Å². The summed E-state index contributed by atoms with van der Waals surface area (Å²) in [5.74, 6) is 14.9. The van der Waals surface area contributed by atoms with Gasteiger partial charge in [0.15, 0.2) is 0 Å². The van der Waals surface area contributed by atoms with Crippen LogP contribution < -0.4 is 14.2 Å². The van der Waals surface area contributed by atoms with Gasteiger partial charge in [0.1, 0.15) is 36.2 Å². The van der Waals surface area contributed by atoms with Crippen molar-refractivity contribution in [1.82, 2.24) is 9.97 Å². The maximum absolute atomic E-state index is 6.79. The molecule has 5 heteroatoms. The van der Waals surface area contributed by atoms with Gasteiger partial charge in [-0.05, 0) is 175 Å². The summed E-state index contributed by atoms with van der Waals surface area (Å²) in [7, 11) is 0. The molecule has 12 rings (SSSR count). The Morgan fingerprint density at radius 2 is 0.740 bits per heavy atom. The summed E-state index contributed by atoms with van der Waals surface area (Å²) in [4.78, 5) is 9.22. The van der Waals surface area contributed by atoms with E-state index in [-0.39, 0.29) is 0 Å². The second-order valence-electron chi connectivity index (χ2n) is 18.3. The molecule has 0 radical (unpaired) electrons. The third kappa shape index (κ3) is 7.89. The Morgan fingerprint density at radius 1 is 0.370 bits per heavy atom.